The number of hydrogen-bond acceptors (Lipinski definition) is 3. The van der Waals surface area contributed by atoms with E-state index >= 15 is 0 Å². The molecule has 0 unspecified atom stereocenters. The Morgan fingerprint density at radius 1 is 1.64 bits per heavy atom. The zero-order valence-corrected chi connectivity index (χ0v) is 7.40. The van der Waals surface area contributed by atoms with E-state index in [0.717, 1.165) is 4.88 Å². The number of carbonyl (C=O) groups excluding carboxylic acids is 1. The summed E-state index contributed by atoms with van der Waals surface area (Å²) in [6.45, 7) is 2.02. The summed E-state index contributed by atoms with van der Waals surface area (Å²) in [5.41, 5.74) is 0. The highest BCUT2D eigenvalue weighted by Crippen LogP contribution is 2.15. The lowest BCUT2D eigenvalue weighted by atomic mass is 10.3. The van der Waals surface area contributed by atoms with Gasteiger partial charge in [-0.2, -0.15) is 0 Å². The Balaban J connectivity index is 2.57. The van der Waals surface area contributed by atoms with E-state index in [0.29, 0.717) is 6.42 Å². The van der Waals surface area contributed by atoms with Gasteiger partial charge in [0.05, 0.1) is 13.5 Å². The van der Waals surface area contributed by atoms with Gasteiger partial charge in [-0.1, -0.05) is 0 Å². The molecule has 0 aromatic carbocycles. The van der Waals surface area contributed by atoms with E-state index in [4.69, 9.17) is 0 Å². The van der Waals surface area contributed by atoms with Gasteiger partial charge in [-0.15, -0.1) is 11.3 Å². The van der Waals surface area contributed by atoms with Gasteiger partial charge >= 0.3 is 5.97 Å². The van der Waals surface area contributed by atoms with Crippen LogP contribution >= 0.6 is 11.3 Å². The zero-order valence-electron chi connectivity index (χ0n) is 6.59. The molecule has 0 atom stereocenters. The van der Waals surface area contributed by atoms with E-state index in [2.05, 4.69) is 4.74 Å². The first-order chi connectivity index (χ1) is 5.22. The summed E-state index contributed by atoms with van der Waals surface area (Å²) in [6, 6.07) is 3.96. The molecule has 0 amide bonds. The number of thiophene rings is 1. The molecular weight excluding hydrogens is 160 g/mol. The van der Waals surface area contributed by atoms with Crippen molar-refractivity contribution in [3.63, 3.8) is 0 Å². The van der Waals surface area contributed by atoms with Gasteiger partial charge < -0.3 is 4.74 Å². The lowest BCUT2D eigenvalue weighted by molar-refractivity contribution is -0.139. The quantitative estimate of drug-likeness (QED) is 0.632. The molecule has 1 heterocycles. The molecule has 0 aliphatic rings. The average Bonchev–Trinajstić information content (AvgIpc) is 2.35. The van der Waals surface area contributed by atoms with Crippen LogP contribution in [-0.4, -0.2) is 13.1 Å². The van der Waals surface area contributed by atoms with Gasteiger partial charge in [0.25, 0.3) is 0 Å². The predicted octanol–water partition coefficient (Wildman–Crippen LogP) is 1.77. The van der Waals surface area contributed by atoms with E-state index in [9.17, 15) is 4.79 Å². The van der Waals surface area contributed by atoms with E-state index in [1.807, 2.05) is 19.1 Å². The van der Waals surface area contributed by atoms with Gasteiger partial charge in [-0.05, 0) is 19.1 Å². The molecule has 2 nitrogen and oxygen atoms in total. The van der Waals surface area contributed by atoms with Crippen LogP contribution in [0.25, 0.3) is 0 Å². The average molecular weight is 170 g/mol. The van der Waals surface area contributed by atoms with Crippen LogP contribution in [0.3, 0.4) is 0 Å². The van der Waals surface area contributed by atoms with Crippen molar-refractivity contribution in [3.8, 4) is 0 Å². The second kappa shape index (κ2) is 3.53. The number of hydrogen-bond donors (Lipinski definition) is 0. The maximum atomic E-state index is 10.8. The van der Waals surface area contributed by atoms with Crippen molar-refractivity contribution in [2.75, 3.05) is 7.11 Å². The minimum atomic E-state index is -0.174. The van der Waals surface area contributed by atoms with Gasteiger partial charge in [-0.3, -0.25) is 4.79 Å². The lowest BCUT2D eigenvalue weighted by Gasteiger charge is -1.93. The summed E-state index contributed by atoms with van der Waals surface area (Å²) < 4.78 is 4.53. The smallest absolute Gasteiger partial charge is 0.310 e. The van der Waals surface area contributed by atoms with Crippen molar-refractivity contribution in [3.05, 3.63) is 21.9 Å². The summed E-state index contributed by atoms with van der Waals surface area (Å²) in [7, 11) is 1.41. The van der Waals surface area contributed by atoms with Crippen LogP contribution in [0.1, 0.15) is 9.75 Å². The summed E-state index contributed by atoms with van der Waals surface area (Å²) in [5, 5.41) is 0. The molecule has 0 aliphatic heterocycles. The van der Waals surface area contributed by atoms with Crippen molar-refractivity contribution < 1.29 is 9.53 Å². The number of methoxy groups -OCH3 is 1. The minimum absolute atomic E-state index is 0.174. The molecule has 0 N–H and O–H groups in total. The molecule has 0 radical (unpaired) electrons. The molecule has 1 aromatic rings. The normalized spacial score (nSPS) is 9.64. The van der Waals surface area contributed by atoms with Crippen LogP contribution in [0.15, 0.2) is 12.1 Å². The largest absolute Gasteiger partial charge is 0.469 e. The molecule has 3 heteroatoms. The van der Waals surface area contributed by atoms with Crippen molar-refractivity contribution in [1.82, 2.24) is 0 Å². The number of esters is 1. The fourth-order valence-corrected chi connectivity index (χ4v) is 1.67. The van der Waals surface area contributed by atoms with Gasteiger partial charge in [0, 0.05) is 9.75 Å². The molecule has 0 spiro atoms. The Kier molecular flexibility index (Phi) is 2.65. The molecule has 0 saturated heterocycles. The van der Waals surface area contributed by atoms with Crippen LogP contribution < -0.4 is 0 Å². The van der Waals surface area contributed by atoms with Crippen molar-refractivity contribution >= 4 is 17.3 Å². The number of carbonyl (C=O) groups is 1. The molecule has 0 fully saturated rings. The van der Waals surface area contributed by atoms with Gasteiger partial charge in [-0.25, -0.2) is 0 Å². The van der Waals surface area contributed by atoms with E-state index in [1.165, 1.54) is 12.0 Å². The standard InChI is InChI=1S/C8H10O2S/c1-6-3-4-7(11-6)5-8(9)10-2/h3-4H,5H2,1-2H3. The third-order valence-corrected chi connectivity index (χ3v) is 2.34. The van der Waals surface area contributed by atoms with Gasteiger partial charge in [0.2, 0.25) is 0 Å². The maximum Gasteiger partial charge on any atom is 0.310 e. The molecule has 1 aromatic heterocycles. The first-order valence-corrected chi connectivity index (χ1v) is 4.16. The van der Waals surface area contributed by atoms with Crippen molar-refractivity contribution in [1.29, 1.82) is 0 Å². The fourth-order valence-electron chi connectivity index (χ4n) is 0.795. The maximum absolute atomic E-state index is 10.8. The highest BCUT2D eigenvalue weighted by molar-refractivity contribution is 7.12. The Hall–Kier alpha value is -0.830. The topological polar surface area (TPSA) is 26.3 Å². The first-order valence-electron chi connectivity index (χ1n) is 3.34. The van der Waals surface area contributed by atoms with Crippen molar-refractivity contribution in [2.45, 2.75) is 13.3 Å². The molecule has 60 valence electrons. The third kappa shape index (κ3) is 2.35. The molecule has 0 saturated carbocycles. The van der Waals surface area contributed by atoms with Crippen LogP contribution in [0.5, 0.6) is 0 Å². The Bertz CT molecular complexity index is 252. The van der Waals surface area contributed by atoms with Crippen molar-refractivity contribution in [2.24, 2.45) is 0 Å². The fraction of sp³-hybridized carbons (Fsp3) is 0.375. The Morgan fingerprint density at radius 3 is 2.82 bits per heavy atom. The second-order valence-electron chi connectivity index (χ2n) is 2.27. The van der Waals surface area contributed by atoms with Crippen LogP contribution in [-0.2, 0) is 16.0 Å². The number of ether oxygens (including phenoxy) is 1. The molecule has 1 rings (SSSR count). The first kappa shape index (κ1) is 8.27. The summed E-state index contributed by atoms with van der Waals surface area (Å²) in [5.74, 6) is -0.174. The molecule has 11 heavy (non-hydrogen) atoms. The third-order valence-electron chi connectivity index (χ3n) is 1.34. The van der Waals surface area contributed by atoms with Crippen LogP contribution in [0.4, 0.5) is 0 Å². The van der Waals surface area contributed by atoms with Gasteiger partial charge in [0.15, 0.2) is 0 Å². The molecular formula is C8H10O2S. The summed E-state index contributed by atoms with van der Waals surface area (Å²) in [4.78, 5) is 13.1. The summed E-state index contributed by atoms with van der Waals surface area (Å²) >= 11 is 1.63. The Morgan fingerprint density at radius 2 is 2.36 bits per heavy atom. The molecule has 0 aliphatic carbocycles. The van der Waals surface area contributed by atoms with E-state index < -0.39 is 0 Å². The lowest BCUT2D eigenvalue weighted by Crippen LogP contribution is -2.02. The SMILES string of the molecule is COC(=O)Cc1ccc(C)s1. The summed E-state index contributed by atoms with van der Waals surface area (Å²) in [6.07, 6.45) is 0.398. The highest BCUT2D eigenvalue weighted by Gasteiger charge is 2.03. The Labute approximate surface area is 69.8 Å². The highest BCUT2D eigenvalue weighted by atomic mass is 32.1. The number of rotatable bonds is 2. The second-order valence-corrected chi connectivity index (χ2v) is 3.64. The minimum Gasteiger partial charge on any atom is -0.469 e. The number of aryl methyl sites for hydroxylation is 1. The zero-order chi connectivity index (χ0) is 8.27. The monoisotopic (exact) mass is 170 g/mol. The van der Waals surface area contributed by atoms with Gasteiger partial charge in [0.1, 0.15) is 0 Å². The van der Waals surface area contributed by atoms with E-state index in [-0.39, 0.29) is 5.97 Å². The van der Waals surface area contributed by atoms with E-state index in [1.54, 1.807) is 11.3 Å². The molecule has 0 bridgehead atoms. The van der Waals surface area contributed by atoms with Crippen LogP contribution in [0, 0.1) is 6.92 Å². The van der Waals surface area contributed by atoms with Crippen LogP contribution in [0.2, 0.25) is 0 Å². The predicted molar refractivity (Wildman–Crippen MR) is 44.8 cm³/mol.